The van der Waals surface area contributed by atoms with Crippen molar-refractivity contribution in [2.24, 2.45) is 20.5 Å². The normalized spacial score (nSPS) is 19.0. The molecule has 0 aromatic heterocycles. The molecule has 2 aliphatic heterocycles. The molecule has 4 aromatic carbocycles. The molecule has 56 heavy (non-hydrogen) atoms. The van der Waals surface area contributed by atoms with E-state index in [-0.39, 0.29) is 13.2 Å². The SMILES string of the molecule is CCCCCCOc1ccc(N=Nc2cccc(C(=O)O[C@@H]3CO[C@H]4[C@@H]3OC[C@H]4OC(=O)c3cccc(N=Nc4ccc(OCCCCCC)cc4)c3)c2)cc1. The van der Waals surface area contributed by atoms with Gasteiger partial charge >= 0.3 is 11.9 Å². The van der Waals surface area contributed by atoms with Crippen LogP contribution in [0.1, 0.15) is 85.9 Å². The van der Waals surface area contributed by atoms with Crippen LogP contribution in [0.25, 0.3) is 0 Å². The predicted octanol–water partition coefficient (Wildman–Crippen LogP) is 11.0. The lowest BCUT2D eigenvalue weighted by atomic mass is 10.1. The minimum atomic E-state index is -0.677. The van der Waals surface area contributed by atoms with Gasteiger partial charge in [-0.1, -0.05) is 64.5 Å². The fourth-order valence-corrected chi connectivity index (χ4v) is 6.32. The average molecular weight is 763 g/mol. The highest BCUT2D eigenvalue weighted by molar-refractivity contribution is 5.91. The molecular formula is C44H50N4O8. The van der Waals surface area contributed by atoms with Crippen molar-refractivity contribution in [1.82, 2.24) is 0 Å². The molecule has 2 heterocycles. The number of esters is 2. The number of ether oxygens (including phenoxy) is 6. The van der Waals surface area contributed by atoms with Gasteiger partial charge in [-0.05, 0) is 97.8 Å². The van der Waals surface area contributed by atoms with Gasteiger partial charge in [0.1, 0.15) is 23.7 Å². The van der Waals surface area contributed by atoms with Crippen molar-refractivity contribution in [3.05, 3.63) is 108 Å². The van der Waals surface area contributed by atoms with E-state index in [0.717, 1.165) is 37.2 Å². The van der Waals surface area contributed by atoms with E-state index in [4.69, 9.17) is 28.4 Å². The van der Waals surface area contributed by atoms with E-state index in [2.05, 4.69) is 34.3 Å². The topological polar surface area (TPSA) is 139 Å². The molecule has 12 nitrogen and oxygen atoms in total. The third kappa shape index (κ3) is 11.8. The van der Waals surface area contributed by atoms with Crippen LogP contribution >= 0.6 is 0 Å². The molecule has 0 N–H and O–H groups in total. The van der Waals surface area contributed by atoms with Crippen molar-refractivity contribution in [1.29, 1.82) is 0 Å². The zero-order valence-corrected chi connectivity index (χ0v) is 32.1. The molecule has 0 unspecified atom stereocenters. The summed E-state index contributed by atoms with van der Waals surface area (Å²) < 4.78 is 35.1. The molecule has 294 valence electrons. The zero-order valence-electron chi connectivity index (χ0n) is 32.1. The van der Waals surface area contributed by atoms with Crippen molar-refractivity contribution >= 4 is 34.7 Å². The van der Waals surface area contributed by atoms with Crippen LogP contribution in [0, 0.1) is 0 Å². The van der Waals surface area contributed by atoms with Gasteiger partial charge in [-0.25, -0.2) is 9.59 Å². The summed E-state index contributed by atoms with van der Waals surface area (Å²) in [6, 6.07) is 28.3. The third-order valence-electron chi connectivity index (χ3n) is 9.41. The second kappa shape index (κ2) is 21.0. The molecule has 0 aliphatic carbocycles. The first-order chi connectivity index (χ1) is 27.5. The van der Waals surface area contributed by atoms with Crippen LogP contribution in [0.3, 0.4) is 0 Å². The molecule has 4 aromatic rings. The van der Waals surface area contributed by atoms with Gasteiger partial charge in [-0.15, -0.1) is 0 Å². The van der Waals surface area contributed by atoms with E-state index < -0.39 is 36.4 Å². The standard InChI is InChI=1S/C44H50N4O8/c1-3-5-7-9-25-51-37-21-17-33(18-22-37)45-47-35-15-11-13-31(27-35)43(49)55-39-29-53-42-40(30-54-41(39)42)56-44(50)32-14-12-16-36(28-32)48-46-34-19-23-38(24-20-34)52-26-10-8-6-4-2/h11-24,27-28,39-42H,3-10,25-26,29-30H2,1-2H3/t39-,40-,41-,42-/m1/s1. The summed E-state index contributed by atoms with van der Waals surface area (Å²) in [5, 5.41) is 17.2. The van der Waals surface area contributed by atoms with Gasteiger partial charge in [-0.3, -0.25) is 0 Å². The van der Waals surface area contributed by atoms with Crippen LogP contribution in [-0.4, -0.2) is 62.8 Å². The van der Waals surface area contributed by atoms with Gasteiger partial charge in [-0.2, -0.15) is 20.5 Å². The molecule has 0 radical (unpaired) electrons. The number of fused-ring (bicyclic) bond motifs is 1. The second-order valence-electron chi connectivity index (χ2n) is 13.8. The van der Waals surface area contributed by atoms with Crippen LogP contribution in [0.5, 0.6) is 11.5 Å². The minimum Gasteiger partial charge on any atom is -0.494 e. The molecule has 0 saturated carbocycles. The van der Waals surface area contributed by atoms with Crippen LogP contribution < -0.4 is 9.47 Å². The number of rotatable bonds is 20. The number of azo groups is 2. The van der Waals surface area contributed by atoms with Crippen LogP contribution in [0.15, 0.2) is 118 Å². The smallest absolute Gasteiger partial charge is 0.338 e. The monoisotopic (exact) mass is 762 g/mol. The summed E-state index contributed by atoms with van der Waals surface area (Å²) in [6.07, 6.45) is 6.68. The molecule has 12 heteroatoms. The van der Waals surface area contributed by atoms with Gasteiger partial charge in [0.05, 0.1) is 60.3 Å². The lowest BCUT2D eigenvalue weighted by molar-refractivity contribution is -0.0287. The minimum absolute atomic E-state index is 0.106. The summed E-state index contributed by atoms with van der Waals surface area (Å²) in [5.41, 5.74) is 2.95. The van der Waals surface area contributed by atoms with Gasteiger partial charge in [0.2, 0.25) is 0 Å². The van der Waals surface area contributed by atoms with Gasteiger partial charge in [0.25, 0.3) is 0 Å². The number of unbranched alkanes of at least 4 members (excludes halogenated alkanes) is 6. The highest BCUT2D eigenvalue weighted by Crippen LogP contribution is 2.32. The van der Waals surface area contributed by atoms with Gasteiger partial charge < -0.3 is 28.4 Å². The predicted molar refractivity (Wildman–Crippen MR) is 211 cm³/mol. The van der Waals surface area contributed by atoms with Crippen molar-refractivity contribution in [2.75, 3.05) is 26.4 Å². The Hall–Kier alpha value is -5.46. The van der Waals surface area contributed by atoms with Gasteiger partial charge in [0, 0.05) is 0 Å². The Labute approximate surface area is 328 Å². The maximum absolute atomic E-state index is 13.2. The Morgan fingerprint density at radius 2 is 0.946 bits per heavy atom. The first-order valence-corrected chi connectivity index (χ1v) is 19.6. The van der Waals surface area contributed by atoms with Crippen molar-refractivity contribution in [3.8, 4) is 11.5 Å². The van der Waals surface area contributed by atoms with E-state index in [1.54, 1.807) is 48.5 Å². The maximum atomic E-state index is 13.2. The molecule has 2 fully saturated rings. The Kier molecular flexibility index (Phi) is 15.1. The number of hydrogen-bond acceptors (Lipinski definition) is 12. The highest BCUT2D eigenvalue weighted by Gasteiger charge is 2.51. The molecule has 2 aliphatic rings. The first kappa shape index (κ1) is 40.2. The molecule has 4 atom stereocenters. The fraction of sp³-hybridized carbons (Fsp3) is 0.409. The van der Waals surface area contributed by atoms with E-state index >= 15 is 0 Å². The number of nitrogens with zero attached hydrogens (tertiary/aromatic N) is 4. The average Bonchev–Trinajstić information content (AvgIpc) is 3.82. The van der Waals surface area contributed by atoms with Crippen LogP contribution in [0.4, 0.5) is 22.7 Å². The van der Waals surface area contributed by atoms with E-state index in [9.17, 15) is 9.59 Å². The molecular weight excluding hydrogens is 713 g/mol. The van der Waals surface area contributed by atoms with E-state index in [0.29, 0.717) is 47.1 Å². The molecule has 0 bridgehead atoms. The Bertz CT molecular complexity index is 1780. The second-order valence-corrected chi connectivity index (χ2v) is 13.8. The highest BCUT2D eigenvalue weighted by atomic mass is 16.7. The van der Waals surface area contributed by atoms with Crippen molar-refractivity contribution in [3.63, 3.8) is 0 Å². The fourth-order valence-electron chi connectivity index (χ4n) is 6.32. The lowest BCUT2D eigenvalue weighted by Gasteiger charge is -2.17. The molecule has 2 saturated heterocycles. The number of hydrogen-bond donors (Lipinski definition) is 0. The molecule has 0 amide bonds. The van der Waals surface area contributed by atoms with E-state index in [1.807, 2.05) is 48.5 Å². The number of carbonyl (C=O) groups excluding carboxylic acids is 2. The number of benzene rings is 4. The summed E-state index contributed by atoms with van der Waals surface area (Å²) >= 11 is 0. The number of carbonyl (C=O) groups is 2. The molecule has 6 rings (SSSR count). The lowest BCUT2D eigenvalue weighted by Crippen LogP contribution is -2.36. The summed E-state index contributed by atoms with van der Waals surface area (Å²) in [6.45, 7) is 5.96. The Morgan fingerprint density at radius 1 is 0.536 bits per heavy atom. The summed E-state index contributed by atoms with van der Waals surface area (Å²) in [5.74, 6) is 0.489. The van der Waals surface area contributed by atoms with Crippen molar-refractivity contribution in [2.45, 2.75) is 89.6 Å². The third-order valence-corrected chi connectivity index (χ3v) is 9.41. The first-order valence-electron chi connectivity index (χ1n) is 19.6. The summed E-state index contributed by atoms with van der Waals surface area (Å²) in [7, 11) is 0. The van der Waals surface area contributed by atoms with Gasteiger partial charge in [0.15, 0.2) is 12.2 Å². The maximum Gasteiger partial charge on any atom is 0.338 e. The Balaban J connectivity index is 0.960. The van der Waals surface area contributed by atoms with E-state index in [1.165, 1.54) is 25.7 Å². The largest absolute Gasteiger partial charge is 0.494 e. The van der Waals surface area contributed by atoms with Crippen molar-refractivity contribution < 1.29 is 38.0 Å². The quantitative estimate of drug-likeness (QED) is 0.0492. The van der Waals surface area contributed by atoms with Crippen LogP contribution in [-0.2, 0) is 18.9 Å². The zero-order chi connectivity index (χ0) is 39.0. The summed E-state index contributed by atoms with van der Waals surface area (Å²) in [4.78, 5) is 26.3. The van der Waals surface area contributed by atoms with Crippen LogP contribution in [0.2, 0.25) is 0 Å². The Morgan fingerprint density at radius 3 is 1.36 bits per heavy atom. The molecule has 0 spiro atoms.